The first-order chi connectivity index (χ1) is 19.0. The molecule has 0 aliphatic carbocycles. The third-order valence-electron chi connectivity index (χ3n) is 7.75. The van der Waals surface area contributed by atoms with Gasteiger partial charge >= 0.3 is 0 Å². The number of halogens is 3. The second-order valence-corrected chi connectivity index (χ2v) is 10.7. The molecule has 2 aromatic carbocycles. The van der Waals surface area contributed by atoms with Gasteiger partial charge in [0.25, 0.3) is 0 Å². The molecule has 5 aromatic rings. The van der Waals surface area contributed by atoms with Gasteiger partial charge in [-0.15, -0.1) is 5.10 Å². The average molecular weight is 590 g/mol. The molecule has 1 N–H and O–H groups in total. The summed E-state index contributed by atoms with van der Waals surface area (Å²) in [6, 6.07) is 8.21. The van der Waals surface area contributed by atoms with Crippen LogP contribution in [0.1, 0.15) is 24.8 Å². The number of aromatic amines is 1. The summed E-state index contributed by atoms with van der Waals surface area (Å²) in [7, 11) is 0. The minimum atomic E-state index is -0.668. The summed E-state index contributed by atoms with van der Waals surface area (Å²) in [5, 5.41) is 19.8. The van der Waals surface area contributed by atoms with E-state index in [1.54, 1.807) is 28.9 Å². The number of nitriles is 1. The van der Waals surface area contributed by atoms with Crippen LogP contribution in [-0.4, -0.2) is 66.9 Å². The van der Waals surface area contributed by atoms with Crippen molar-refractivity contribution in [1.82, 2.24) is 34.7 Å². The molecular formula is C27H22BrF2N9. The molecule has 0 radical (unpaired) electrons. The topological polar surface area (TPSA) is 102 Å². The van der Waals surface area contributed by atoms with E-state index < -0.39 is 11.6 Å². The lowest BCUT2D eigenvalue weighted by molar-refractivity contribution is 0.106. The molecule has 7 rings (SSSR count). The van der Waals surface area contributed by atoms with Gasteiger partial charge in [-0.1, -0.05) is 11.3 Å². The number of aromatic nitrogens is 6. The minimum absolute atomic E-state index is 0.0743. The van der Waals surface area contributed by atoms with Gasteiger partial charge in [-0.25, -0.2) is 18.7 Å². The average Bonchev–Trinajstić information content (AvgIpc) is 3.55. The standard InChI is InChI=1S/C27H22BrF2N9/c28-21-22(30)18(12-20-24(21)35-36-34-20)25-23(15-4-5-16(13-31)19(29)11-15)33-27-26(32-6-10-39(25)27)38-7-1-3-17(14-38)37-8-2-9-37/h4-6,10-12,17H,1-3,7-9,14H2,(H,34,35,36)/t17-/m1/s1. The van der Waals surface area contributed by atoms with Crippen LogP contribution in [0, 0.1) is 23.0 Å². The van der Waals surface area contributed by atoms with Crippen LogP contribution in [0.25, 0.3) is 39.2 Å². The van der Waals surface area contributed by atoms with Gasteiger partial charge in [0, 0.05) is 42.7 Å². The lowest BCUT2D eigenvalue weighted by atomic mass is 10.0. The Kier molecular flexibility index (Phi) is 5.79. The molecule has 39 heavy (non-hydrogen) atoms. The zero-order valence-electron chi connectivity index (χ0n) is 20.7. The summed E-state index contributed by atoms with van der Waals surface area (Å²) < 4.78 is 32.7. The van der Waals surface area contributed by atoms with E-state index in [1.165, 1.54) is 18.6 Å². The van der Waals surface area contributed by atoms with E-state index >= 15 is 4.39 Å². The van der Waals surface area contributed by atoms with E-state index in [0.29, 0.717) is 45.5 Å². The molecule has 9 nitrogen and oxygen atoms in total. The van der Waals surface area contributed by atoms with E-state index in [4.69, 9.17) is 9.97 Å². The molecule has 2 saturated heterocycles. The largest absolute Gasteiger partial charge is 0.352 e. The number of likely N-dealkylation sites (tertiary alicyclic amines) is 1. The highest BCUT2D eigenvalue weighted by molar-refractivity contribution is 9.10. The lowest BCUT2D eigenvalue weighted by Gasteiger charge is -2.44. The van der Waals surface area contributed by atoms with Crippen LogP contribution in [-0.2, 0) is 0 Å². The lowest BCUT2D eigenvalue weighted by Crippen LogP contribution is -2.53. The molecule has 3 aromatic heterocycles. The number of H-pyrrole nitrogens is 1. The Morgan fingerprint density at radius 3 is 2.77 bits per heavy atom. The predicted octanol–water partition coefficient (Wildman–Crippen LogP) is 4.92. The maximum absolute atomic E-state index is 15.9. The van der Waals surface area contributed by atoms with Crippen LogP contribution in [0.3, 0.4) is 0 Å². The third-order valence-corrected chi connectivity index (χ3v) is 8.49. The second kappa shape index (κ2) is 9.36. The summed E-state index contributed by atoms with van der Waals surface area (Å²) >= 11 is 3.34. The van der Waals surface area contributed by atoms with Gasteiger partial charge in [0.05, 0.1) is 21.4 Å². The maximum Gasteiger partial charge on any atom is 0.181 e. The number of imidazole rings is 1. The van der Waals surface area contributed by atoms with Crippen molar-refractivity contribution < 1.29 is 8.78 Å². The van der Waals surface area contributed by atoms with Crippen molar-refractivity contribution in [3.63, 3.8) is 0 Å². The van der Waals surface area contributed by atoms with Crippen molar-refractivity contribution in [3.8, 4) is 28.6 Å². The van der Waals surface area contributed by atoms with Crippen molar-refractivity contribution in [1.29, 1.82) is 5.26 Å². The van der Waals surface area contributed by atoms with Crippen LogP contribution in [0.5, 0.6) is 0 Å². The number of nitrogens with one attached hydrogen (secondary N) is 1. The molecule has 2 aliphatic heterocycles. The number of fused-ring (bicyclic) bond motifs is 2. The highest BCUT2D eigenvalue weighted by atomic mass is 79.9. The molecule has 0 amide bonds. The molecule has 196 valence electrons. The van der Waals surface area contributed by atoms with E-state index in [9.17, 15) is 9.65 Å². The second-order valence-electron chi connectivity index (χ2n) is 9.95. The third kappa shape index (κ3) is 3.87. The molecule has 1 atom stereocenters. The molecular weight excluding hydrogens is 568 g/mol. The van der Waals surface area contributed by atoms with Crippen molar-refractivity contribution in [2.75, 3.05) is 31.1 Å². The number of hydrogen-bond acceptors (Lipinski definition) is 7. The van der Waals surface area contributed by atoms with Gasteiger partial charge in [-0.3, -0.25) is 14.4 Å². The SMILES string of the molecule is N#Cc1ccc(-c2nc3c(N4CCC[C@@H](N5CCC5)C4)nccn3c2-c2cc3nn[nH]c3c(Br)c2F)cc1F. The van der Waals surface area contributed by atoms with Gasteiger partial charge in [0.15, 0.2) is 11.5 Å². The Morgan fingerprint density at radius 1 is 1.13 bits per heavy atom. The Bertz CT molecular complexity index is 1790. The van der Waals surface area contributed by atoms with Crippen molar-refractivity contribution in [2.45, 2.75) is 25.3 Å². The molecule has 0 unspecified atom stereocenters. The highest BCUT2D eigenvalue weighted by Crippen LogP contribution is 2.40. The molecule has 5 heterocycles. The number of nitrogens with zero attached hydrogens (tertiary/aromatic N) is 8. The molecule has 0 saturated carbocycles. The van der Waals surface area contributed by atoms with E-state index in [2.05, 4.69) is 41.1 Å². The van der Waals surface area contributed by atoms with Crippen LogP contribution in [0.4, 0.5) is 14.6 Å². The van der Waals surface area contributed by atoms with Gasteiger partial charge in [0.2, 0.25) is 0 Å². The van der Waals surface area contributed by atoms with E-state index in [-0.39, 0.29) is 15.6 Å². The summed E-state index contributed by atoms with van der Waals surface area (Å²) in [6.07, 6.45) is 6.84. The zero-order chi connectivity index (χ0) is 26.7. The van der Waals surface area contributed by atoms with Gasteiger partial charge in [-0.2, -0.15) is 5.26 Å². The smallest absolute Gasteiger partial charge is 0.181 e. The minimum Gasteiger partial charge on any atom is -0.352 e. The normalized spacial score (nSPS) is 18.0. The van der Waals surface area contributed by atoms with Gasteiger partial charge < -0.3 is 4.90 Å². The Labute approximate surface area is 230 Å². The maximum atomic E-state index is 15.9. The van der Waals surface area contributed by atoms with Crippen LogP contribution in [0.15, 0.2) is 41.1 Å². The quantitative estimate of drug-likeness (QED) is 0.317. The summed E-state index contributed by atoms with van der Waals surface area (Å²) in [5.74, 6) is -0.496. The van der Waals surface area contributed by atoms with E-state index in [1.807, 2.05) is 6.07 Å². The number of hydrogen-bond donors (Lipinski definition) is 1. The van der Waals surface area contributed by atoms with Crippen molar-refractivity contribution in [2.24, 2.45) is 0 Å². The number of rotatable bonds is 4. The van der Waals surface area contributed by atoms with Crippen molar-refractivity contribution in [3.05, 3.63) is 58.3 Å². The Balaban J connectivity index is 1.45. The number of piperidine rings is 1. The van der Waals surface area contributed by atoms with Crippen LogP contribution < -0.4 is 4.90 Å². The molecule has 12 heteroatoms. The molecule has 0 bridgehead atoms. The molecule has 0 spiro atoms. The monoisotopic (exact) mass is 589 g/mol. The zero-order valence-corrected chi connectivity index (χ0v) is 22.3. The van der Waals surface area contributed by atoms with Crippen molar-refractivity contribution >= 4 is 38.4 Å². The first-order valence-corrected chi connectivity index (χ1v) is 13.6. The summed E-state index contributed by atoms with van der Waals surface area (Å²) in [4.78, 5) is 14.4. The van der Waals surface area contributed by atoms with Gasteiger partial charge in [-0.05, 0) is 66.5 Å². The van der Waals surface area contributed by atoms with Gasteiger partial charge in [0.1, 0.15) is 28.7 Å². The fourth-order valence-electron chi connectivity index (χ4n) is 5.65. The fraction of sp³-hybridized carbons (Fsp3) is 0.296. The van der Waals surface area contributed by atoms with E-state index in [0.717, 1.165) is 39.0 Å². The highest BCUT2D eigenvalue weighted by Gasteiger charge is 2.31. The first-order valence-electron chi connectivity index (χ1n) is 12.8. The summed E-state index contributed by atoms with van der Waals surface area (Å²) in [5.41, 5.74) is 2.82. The number of anilines is 1. The molecule has 2 fully saturated rings. The van der Waals surface area contributed by atoms with Crippen LogP contribution in [0.2, 0.25) is 0 Å². The Morgan fingerprint density at radius 2 is 2.00 bits per heavy atom. The number of benzene rings is 2. The Hall–Kier alpha value is -3.95. The molecule has 2 aliphatic rings. The first kappa shape index (κ1) is 24.1. The fourth-order valence-corrected chi connectivity index (χ4v) is 6.15. The van der Waals surface area contributed by atoms with Crippen LogP contribution >= 0.6 is 15.9 Å². The predicted molar refractivity (Wildman–Crippen MR) is 145 cm³/mol. The summed E-state index contributed by atoms with van der Waals surface area (Å²) in [6.45, 7) is 3.92.